The number of halogens is 1. The molecule has 0 unspecified atom stereocenters. The van der Waals surface area contributed by atoms with Crippen molar-refractivity contribution in [3.8, 4) is 0 Å². The molecule has 4 heteroatoms. The molecule has 0 radical (unpaired) electrons. The number of hydrogen-bond acceptors (Lipinski definition) is 2. The molecule has 0 aliphatic rings. The van der Waals surface area contributed by atoms with Crippen molar-refractivity contribution in [2.24, 2.45) is 5.73 Å². The molecule has 0 aliphatic carbocycles. The summed E-state index contributed by atoms with van der Waals surface area (Å²) in [5.74, 6) is 0. The van der Waals surface area contributed by atoms with E-state index in [2.05, 4.69) is 18.8 Å². The van der Waals surface area contributed by atoms with E-state index in [-0.39, 0.29) is 12.4 Å². The lowest BCUT2D eigenvalue weighted by atomic mass is 10.4. The van der Waals surface area contributed by atoms with Gasteiger partial charge in [-0.2, -0.15) is 0 Å². The molecule has 0 spiro atoms. The van der Waals surface area contributed by atoms with Gasteiger partial charge in [0, 0.05) is 18.8 Å². The van der Waals surface area contributed by atoms with Crippen molar-refractivity contribution in [2.45, 2.75) is 26.4 Å². The van der Waals surface area contributed by atoms with E-state index in [0.717, 1.165) is 5.69 Å². The highest BCUT2D eigenvalue weighted by molar-refractivity contribution is 5.85. The zero-order valence-electron chi connectivity index (χ0n) is 6.82. The fourth-order valence-electron chi connectivity index (χ4n) is 0.767. The van der Waals surface area contributed by atoms with Crippen molar-refractivity contribution in [3.05, 3.63) is 18.2 Å². The van der Waals surface area contributed by atoms with Gasteiger partial charge in [0.2, 0.25) is 0 Å². The molecule has 1 aromatic heterocycles. The van der Waals surface area contributed by atoms with Crippen LogP contribution in [0, 0.1) is 0 Å². The standard InChI is InChI=1S/C7H13N3.ClH/c1-6(2)10-4-7(3-8)9-5-10;/h4-6H,3,8H2,1-2H3;1H. The minimum Gasteiger partial charge on any atom is -0.335 e. The van der Waals surface area contributed by atoms with Crippen LogP contribution in [0.4, 0.5) is 0 Å². The van der Waals surface area contributed by atoms with Crippen molar-refractivity contribution in [3.63, 3.8) is 0 Å². The highest BCUT2D eigenvalue weighted by Crippen LogP contribution is 2.03. The van der Waals surface area contributed by atoms with Crippen LogP contribution in [0.3, 0.4) is 0 Å². The summed E-state index contributed by atoms with van der Waals surface area (Å²) in [4.78, 5) is 4.09. The van der Waals surface area contributed by atoms with Crippen molar-refractivity contribution in [2.75, 3.05) is 0 Å². The molecular weight excluding hydrogens is 162 g/mol. The van der Waals surface area contributed by atoms with E-state index in [1.165, 1.54) is 0 Å². The Labute approximate surface area is 73.0 Å². The van der Waals surface area contributed by atoms with Crippen LogP contribution in [0.15, 0.2) is 12.5 Å². The van der Waals surface area contributed by atoms with Gasteiger partial charge < -0.3 is 10.3 Å². The maximum Gasteiger partial charge on any atom is 0.0952 e. The van der Waals surface area contributed by atoms with Crippen LogP contribution in [0.1, 0.15) is 25.6 Å². The molecule has 1 rings (SSSR count). The zero-order valence-corrected chi connectivity index (χ0v) is 7.64. The fourth-order valence-corrected chi connectivity index (χ4v) is 0.767. The van der Waals surface area contributed by atoms with E-state index in [9.17, 15) is 0 Å². The van der Waals surface area contributed by atoms with Crippen molar-refractivity contribution in [1.29, 1.82) is 0 Å². The molecule has 0 fully saturated rings. The van der Waals surface area contributed by atoms with Crippen LogP contribution in [0.2, 0.25) is 0 Å². The maximum absolute atomic E-state index is 5.39. The van der Waals surface area contributed by atoms with Crippen LogP contribution in [0.5, 0.6) is 0 Å². The second kappa shape index (κ2) is 4.36. The summed E-state index contributed by atoms with van der Waals surface area (Å²) in [6, 6.07) is 0.479. The third-order valence-corrected chi connectivity index (χ3v) is 1.46. The molecule has 0 aliphatic heterocycles. The van der Waals surface area contributed by atoms with Crippen molar-refractivity contribution >= 4 is 12.4 Å². The van der Waals surface area contributed by atoms with Crippen LogP contribution in [-0.4, -0.2) is 9.55 Å². The number of aromatic nitrogens is 2. The molecule has 0 amide bonds. The molecule has 0 aromatic carbocycles. The second-order valence-corrected chi connectivity index (χ2v) is 2.61. The highest BCUT2D eigenvalue weighted by Gasteiger charge is 1.97. The van der Waals surface area contributed by atoms with Crippen LogP contribution >= 0.6 is 12.4 Å². The zero-order chi connectivity index (χ0) is 7.56. The quantitative estimate of drug-likeness (QED) is 0.738. The summed E-state index contributed by atoms with van der Waals surface area (Å²) >= 11 is 0. The van der Waals surface area contributed by atoms with Gasteiger partial charge in [0.15, 0.2) is 0 Å². The first-order chi connectivity index (χ1) is 4.74. The summed E-state index contributed by atoms with van der Waals surface area (Å²) in [5.41, 5.74) is 6.34. The smallest absolute Gasteiger partial charge is 0.0952 e. The minimum atomic E-state index is 0. The molecule has 1 aromatic rings. The minimum absolute atomic E-state index is 0. The van der Waals surface area contributed by atoms with Gasteiger partial charge in [0.05, 0.1) is 12.0 Å². The van der Waals surface area contributed by atoms with Crippen LogP contribution in [-0.2, 0) is 6.54 Å². The largest absolute Gasteiger partial charge is 0.335 e. The molecule has 64 valence electrons. The van der Waals surface area contributed by atoms with Crippen molar-refractivity contribution in [1.82, 2.24) is 9.55 Å². The molecule has 0 atom stereocenters. The lowest BCUT2D eigenvalue weighted by Gasteiger charge is -2.03. The van der Waals surface area contributed by atoms with Gasteiger partial charge >= 0.3 is 0 Å². The Morgan fingerprint density at radius 1 is 1.64 bits per heavy atom. The normalized spacial score (nSPS) is 9.82. The monoisotopic (exact) mass is 175 g/mol. The first kappa shape index (κ1) is 10.5. The molecule has 0 saturated heterocycles. The van der Waals surface area contributed by atoms with Gasteiger partial charge in [-0.3, -0.25) is 0 Å². The van der Waals surface area contributed by atoms with E-state index >= 15 is 0 Å². The Bertz CT molecular complexity index is 207. The Morgan fingerprint density at radius 2 is 2.27 bits per heavy atom. The van der Waals surface area contributed by atoms with E-state index in [1.807, 2.05) is 17.1 Å². The maximum atomic E-state index is 5.39. The van der Waals surface area contributed by atoms with E-state index in [1.54, 1.807) is 0 Å². The lowest BCUT2D eigenvalue weighted by Crippen LogP contribution is -1.98. The number of nitrogens with zero attached hydrogens (tertiary/aromatic N) is 2. The Balaban J connectivity index is 0.000001000. The van der Waals surface area contributed by atoms with Crippen LogP contribution < -0.4 is 5.73 Å². The average Bonchev–Trinajstić information content (AvgIpc) is 2.34. The molecule has 3 nitrogen and oxygen atoms in total. The van der Waals surface area contributed by atoms with Gasteiger partial charge in [0.1, 0.15) is 0 Å². The molecule has 0 saturated carbocycles. The third-order valence-electron chi connectivity index (χ3n) is 1.46. The molecule has 1 heterocycles. The first-order valence-corrected chi connectivity index (χ1v) is 3.46. The Kier molecular flexibility index (Phi) is 4.15. The number of nitrogens with two attached hydrogens (primary N) is 1. The van der Waals surface area contributed by atoms with E-state index < -0.39 is 0 Å². The van der Waals surface area contributed by atoms with Gasteiger partial charge in [-0.1, -0.05) is 0 Å². The number of hydrogen-bond donors (Lipinski definition) is 1. The fraction of sp³-hybridized carbons (Fsp3) is 0.571. The summed E-state index contributed by atoms with van der Waals surface area (Å²) in [6.45, 7) is 4.75. The summed E-state index contributed by atoms with van der Waals surface area (Å²) in [5, 5.41) is 0. The molecule has 2 N–H and O–H groups in total. The lowest BCUT2D eigenvalue weighted by molar-refractivity contribution is 0.599. The predicted molar refractivity (Wildman–Crippen MR) is 47.8 cm³/mol. The van der Waals surface area contributed by atoms with E-state index in [0.29, 0.717) is 12.6 Å². The van der Waals surface area contributed by atoms with Gasteiger partial charge in [-0.05, 0) is 13.8 Å². The first-order valence-electron chi connectivity index (χ1n) is 3.46. The molecule has 0 bridgehead atoms. The second-order valence-electron chi connectivity index (χ2n) is 2.61. The number of imidazole rings is 1. The Hall–Kier alpha value is -0.540. The van der Waals surface area contributed by atoms with Gasteiger partial charge in [-0.15, -0.1) is 12.4 Å². The third kappa shape index (κ3) is 2.52. The van der Waals surface area contributed by atoms with E-state index in [4.69, 9.17) is 5.73 Å². The SMILES string of the molecule is CC(C)n1cnc(CN)c1.Cl. The summed E-state index contributed by atoms with van der Waals surface area (Å²) in [6.07, 6.45) is 3.79. The number of rotatable bonds is 2. The summed E-state index contributed by atoms with van der Waals surface area (Å²) in [7, 11) is 0. The highest BCUT2D eigenvalue weighted by atomic mass is 35.5. The van der Waals surface area contributed by atoms with Crippen molar-refractivity contribution < 1.29 is 0 Å². The predicted octanol–water partition coefficient (Wildman–Crippen LogP) is 1.34. The molecular formula is C7H14ClN3. The summed E-state index contributed by atoms with van der Waals surface area (Å²) < 4.78 is 2.04. The molecule has 11 heavy (non-hydrogen) atoms. The van der Waals surface area contributed by atoms with Gasteiger partial charge in [0.25, 0.3) is 0 Å². The Morgan fingerprint density at radius 3 is 2.55 bits per heavy atom. The topological polar surface area (TPSA) is 43.8 Å². The van der Waals surface area contributed by atoms with Crippen LogP contribution in [0.25, 0.3) is 0 Å². The van der Waals surface area contributed by atoms with Gasteiger partial charge in [-0.25, -0.2) is 4.98 Å². The average molecular weight is 176 g/mol.